The van der Waals surface area contributed by atoms with Crippen molar-refractivity contribution in [2.75, 3.05) is 6.61 Å². The molecule has 0 amide bonds. The largest absolute Gasteiger partial charge is 0.360 e. The van der Waals surface area contributed by atoms with Crippen molar-refractivity contribution in [3.8, 4) is 0 Å². The van der Waals surface area contributed by atoms with E-state index in [9.17, 15) is 4.79 Å². The standard InChI is InChI=1S/C6H10O3/c1-4-3-9-6(2,8)5(4)7/h4,8H,3H2,1-2H3. The number of aliphatic hydroxyl groups is 1. The minimum Gasteiger partial charge on any atom is -0.360 e. The molecule has 2 unspecified atom stereocenters. The molecule has 1 rings (SSSR count). The number of hydrogen-bond acceptors (Lipinski definition) is 3. The van der Waals surface area contributed by atoms with Gasteiger partial charge in [0.25, 0.3) is 0 Å². The maximum absolute atomic E-state index is 10.9. The predicted molar refractivity (Wildman–Crippen MR) is 30.7 cm³/mol. The summed E-state index contributed by atoms with van der Waals surface area (Å²) in [5.41, 5.74) is 0. The Balaban J connectivity index is 2.74. The van der Waals surface area contributed by atoms with Crippen molar-refractivity contribution in [1.82, 2.24) is 0 Å². The fourth-order valence-electron chi connectivity index (χ4n) is 0.891. The van der Waals surface area contributed by atoms with Gasteiger partial charge in [0.1, 0.15) is 0 Å². The Morgan fingerprint density at radius 3 is 2.56 bits per heavy atom. The van der Waals surface area contributed by atoms with E-state index in [-0.39, 0.29) is 11.7 Å². The molecule has 0 bridgehead atoms. The quantitative estimate of drug-likeness (QED) is 0.499. The van der Waals surface area contributed by atoms with Crippen molar-refractivity contribution < 1.29 is 14.6 Å². The average molecular weight is 130 g/mol. The molecular formula is C6H10O3. The smallest absolute Gasteiger partial charge is 0.223 e. The molecule has 9 heavy (non-hydrogen) atoms. The highest BCUT2D eigenvalue weighted by atomic mass is 16.6. The monoisotopic (exact) mass is 130 g/mol. The van der Waals surface area contributed by atoms with E-state index in [4.69, 9.17) is 9.84 Å². The molecule has 0 aromatic rings. The summed E-state index contributed by atoms with van der Waals surface area (Å²) in [7, 11) is 0. The van der Waals surface area contributed by atoms with Crippen LogP contribution in [0, 0.1) is 5.92 Å². The van der Waals surface area contributed by atoms with Gasteiger partial charge >= 0.3 is 0 Å². The van der Waals surface area contributed by atoms with Gasteiger partial charge in [-0.25, -0.2) is 0 Å². The molecule has 1 saturated heterocycles. The van der Waals surface area contributed by atoms with Crippen LogP contribution in [0.15, 0.2) is 0 Å². The van der Waals surface area contributed by atoms with Crippen LogP contribution in [0.1, 0.15) is 13.8 Å². The summed E-state index contributed by atoms with van der Waals surface area (Å²) in [5, 5.41) is 9.06. The lowest BCUT2D eigenvalue weighted by Crippen LogP contribution is -2.32. The minimum atomic E-state index is -1.51. The van der Waals surface area contributed by atoms with Crippen molar-refractivity contribution in [3.63, 3.8) is 0 Å². The SMILES string of the molecule is CC1COC(C)(O)C1=O. The zero-order chi connectivity index (χ0) is 7.07. The van der Waals surface area contributed by atoms with Crippen LogP contribution >= 0.6 is 0 Å². The Labute approximate surface area is 53.6 Å². The number of carbonyl (C=O) groups is 1. The van der Waals surface area contributed by atoms with E-state index in [1.165, 1.54) is 6.92 Å². The first kappa shape index (κ1) is 6.71. The summed E-state index contributed by atoms with van der Waals surface area (Å²) in [4.78, 5) is 10.9. The predicted octanol–water partition coefficient (Wildman–Crippen LogP) is -0.0697. The minimum absolute atomic E-state index is 0.153. The molecule has 0 radical (unpaired) electrons. The van der Waals surface area contributed by atoms with Gasteiger partial charge in [-0.3, -0.25) is 4.79 Å². The Hall–Kier alpha value is -0.410. The molecule has 3 nitrogen and oxygen atoms in total. The lowest BCUT2D eigenvalue weighted by Gasteiger charge is -2.11. The number of carbonyl (C=O) groups excluding carboxylic acids is 1. The van der Waals surface area contributed by atoms with Crippen molar-refractivity contribution in [2.24, 2.45) is 5.92 Å². The number of ketones is 1. The molecule has 1 heterocycles. The third-order valence-corrected chi connectivity index (χ3v) is 1.52. The van der Waals surface area contributed by atoms with Crippen LogP contribution in [0.5, 0.6) is 0 Å². The number of hydrogen-bond donors (Lipinski definition) is 1. The summed E-state index contributed by atoms with van der Waals surface area (Å²) in [5.74, 6) is -1.89. The van der Waals surface area contributed by atoms with Crippen molar-refractivity contribution >= 4 is 5.78 Å². The lowest BCUT2D eigenvalue weighted by molar-refractivity contribution is -0.173. The molecule has 0 saturated carbocycles. The van der Waals surface area contributed by atoms with Crippen molar-refractivity contribution in [2.45, 2.75) is 19.6 Å². The fraction of sp³-hybridized carbons (Fsp3) is 0.833. The molecule has 1 aliphatic heterocycles. The highest BCUT2D eigenvalue weighted by Gasteiger charge is 2.41. The molecular weight excluding hydrogens is 120 g/mol. The molecule has 1 N–H and O–H groups in total. The van der Waals surface area contributed by atoms with E-state index >= 15 is 0 Å². The first-order valence-corrected chi connectivity index (χ1v) is 2.94. The second kappa shape index (κ2) is 1.78. The molecule has 0 spiro atoms. The van der Waals surface area contributed by atoms with Crippen LogP contribution in [-0.2, 0) is 9.53 Å². The van der Waals surface area contributed by atoms with E-state index in [1.807, 2.05) is 0 Å². The van der Waals surface area contributed by atoms with Crippen LogP contribution in [0.3, 0.4) is 0 Å². The van der Waals surface area contributed by atoms with E-state index < -0.39 is 5.79 Å². The summed E-state index contributed by atoms with van der Waals surface area (Å²) in [6, 6.07) is 0. The van der Waals surface area contributed by atoms with Gasteiger partial charge in [-0.2, -0.15) is 0 Å². The van der Waals surface area contributed by atoms with Crippen LogP contribution in [0.4, 0.5) is 0 Å². The Morgan fingerprint density at radius 1 is 1.89 bits per heavy atom. The number of Topliss-reactive ketones (excluding diaryl/α,β-unsaturated/α-hetero) is 1. The van der Waals surface area contributed by atoms with Crippen molar-refractivity contribution in [3.05, 3.63) is 0 Å². The normalized spacial score (nSPS) is 43.9. The van der Waals surface area contributed by atoms with Crippen LogP contribution in [-0.4, -0.2) is 23.3 Å². The Morgan fingerprint density at radius 2 is 2.44 bits per heavy atom. The van der Waals surface area contributed by atoms with Gasteiger partial charge in [-0.05, 0) is 6.92 Å². The van der Waals surface area contributed by atoms with Crippen molar-refractivity contribution in [1.29, 1.82) is 0 Å². The third-order valence-electron chi connectivity index (χ3n) is 1.52. The summed E-state index contributed by atoms with van der Waals surface area (Å²) in [6.07, 6.45) is 0. The third kappa shape index (κ3) is 0.976. The van der Waals surface area contributed by atoms with Crippen LogP contribution in [0.2, 0.25) is 0 Å². The van der Waals surface area contributed by atoms with E-state index in [0.29, 0.717) is 6.61 Å². The second-order valence-electron chi connectivity index (χ2n) is 2.56. The fourth-order valence-corrected chi connectivity index (χ4v) is 0.891. The Kier molecular flexibility index (Phi) is 1.33. The highest BCUT2D eigenvalue weighted by molar-refractivity contribution is 5.88. The highest BCUT2D eigenvalue weighted by Crippen LogP contribution is 2.22. The molecule has 3 heteroatoms. The zero-order valence-corrected chi connectivity index (χ0v) is 5.55. The van der Waals surface area contributed by atoms with E-state index in [0.717, 1.165) is 0 Å². The zero-order valence-electron chi connectivity index (χ0n) is 5.55. The molecule has 2 atom stereocenters. The summed E-state index contributed by atoms with van der Waals surface area (Å²) in [6.45, 7) is 3.45. The topological polar surface area (TPSA) is 46.5 Å². The van der Waals surface area contributed by atoms with E-state index in [1.54, 1.807) is 6.92 Å². The van der Waals surface area contributed by atoms with Gasteiger partial charge in [0, 0.05) is 5.92 Å². The molecule has 0 aromatic heterocycles. The van der Waals surface area contributed by atoms with Gasteiger partial charge in [-0.15, -0.1) is 0 Å². The maximum Gasteiger partial charge on any atom is 0.223 e. The van der Waals surface area contributed by atoms with Gasteiger partial charge in [-0.1, -0.05) is 6.92 Å². The molecule has 52 valence electrons. The van der Waals surface area contributed by atoms with Gasteiger partial charge in [0.2, 0.25) is 5.79 Å². The first-order valence-electron chi connectivity index (χ1n) is 2.94. The van der Waals surface area contributed by atoms with E-state index in [2.05, 4.69) is 0 Å². The second-order valence-corrected chi connectivity index (χ2v) is 2.56. The van der Waals surface area contributed by atoms with Crippen LogP contribution in [0.25, 0.3) is 0 Å². The Bertz CT molecular complexity index is 139. The number of rotatable bonds is 0. The summed E-state index contributed by atoms with van der Waals surface area (Å²) < 4.78 is 4.77. The molecule has 0 aliphatic carbocycles. The average Bonchev–Trinajstić information content (AvgIpc) is 1.97. The van der Waals surface area contributed by atoms with Gasteiger partial charge in [0.05, 0.1) is 6.61 Å². The summed E-state index contributed by atoms with van der Waals surface area (Å²) >= 11 is 0. The molecule has 1 aliphatic rings. The molecule has 0 aromatic carbocycles. The molecule has 1 fully saturated rings. The lowest BCUT2D eigenvalue weighted by atomic mass is 10.1. The van der Waals surface area contributed by atoms with Gasteiger partial charge in [0.15, 0.2) is 5.78 Å². The number of ether oxygens (including phenoxy) is 1. The maximum atomic E-state index is 10.9. The van der Waals surface area contributed by atoms with Crippen LogP contribution < -0.4 is 0 Å². The van der Waals surface area contributed by atoms with Gasteiger partial charge < -0.3 is 9.84 Å². The first-order chi connectivity index (χ1) is 4.04.